The first-order chi connectivity index (χ1) is 11.4. The molecule has 2 rings (SSSR count). The van der Waals surface area contributed by atoms with Crippen molar-refractivity contribution in [3.8, 4) is 11.8 Å². The summed E-state index contributed by atoms with van der Waals surface area (Å²) in [5.41, 5.74) is 0.224. The van der Waals surface area contributed by atoms with Crippen LogP contribution < -0.4 is 0 Å². The van der Waals surface area contributed by atoms with Crippen molar-refractivity contribution in [3.05, 3.63) is 35.9 Å². The van der Waals surface area contributed by atoms with Crippen molar-refractivity contribution in [2.24, 2.45) is 5.92 Å². The Balaban J connectivity index is 2.11. The van der Waals surface area contributed by atoms with E-state index >= 15 is 0 Å². The maximum absolute atomic E-state index is 11.4. The highest BCUT2D eigenvalue weighted by Crippen LogP contribution is 2.42. The van der Waals surface area contributed by atoms with Crippen LogP contribution in [-0.4, -0.2) is 28.6 Å². The van der Waals surface area contributed by atoms with Gasteiger partial charge in [0.15, 0.2) is 0 Å². The molecule has 24 heavy (non-hydrogen) atoms. The number of nitrogens with zero attached hydrogens (tertiary/aromatic N) is 1. The van der Waals surface area contributed by atoms with E-state index in [9.17, 15) is 5.11 Å². The highest BCUT2D eigenvalue weighted by Gasteiger charge is 2.39. The molecule has 1 aliphatic carbocycles. The Morgan fingerprint density at radius 2 is 1.62 bits per heavy atom. The van der Waals surface area contributed by atoms with Crippen LogP contribution in [0.3, 0.4) is 0 Å². The van der Waals surface area contributed by atoms with Gasteiger partial charge in [0.25, 0.3) is 0 Å². The summed E-state index contributed by atoms with van der Waals surface area (Å²) in [6.45, 7) is 9.60. The predicted molar refractivity (Wildman–Crippen MR) is 102 cm³/mol. The number of hydrogen-bond acceptors (Lipinski definition) is 2. The minimum atomic E-state index is -0.800. The van der Waals surface area contributed by atoms with Crippen molar-refractivity contribution in [2.45, 2.75) is 77.5 Å². The van der Waals surface area contributed by atoms with Crippen LogP contribution >= 0.6 is 0 Å². The van der Waals surface area contributed by atoms with E-state index in [1.165, 1.54) is 12.8 Å². The lowest BCUT2D eigenvalue weighted by atomic mass is 9.78. The van der Waals surface area contributed by atoms with Gasteiger partial charge in [0.05, 0.1) is 6.54 Å². The fourth-order valence-electron chi connectivity index (χ4n) is 3.92. The molecule has 1 saturated carbocycles. The second kappa shape index (κ2) is 8.70. The Morgan fingerprint density at radius 3 is 2.17 bits per heavy atom. The molecule has 1 aliphatic rings. The molecule has 0 unspecified atom stereocenters. The van der Waals surface area contributed by atoms with Gasteiger partial charge in [-0.15, -0.1) is 0 Å². The van der Waals surface area contributed by atoms with Gasteiger partial charge >= 0.3 is 0 Å². The minimum Gasteiger partial charge on any atom is -0.384 e. The molecule has 2 nitrogen and oxygen atoms in total. The fraction of sp³-hybridized carbons (Fsp3) is 0.636. The van der Waals surface area contributed by atoms with E-state index in [1.807, 2.05) is 18.2 Å². The molecular formula is C22H33NO. The van der Waals surface area contributed by atoms with Crippen molar-refractivity contribution in [1.29, 1.82) is 0 Å². The van der Waals surface area contributed by atoms with Gasteiger partial charge in [-0.1, -0.05) is 55.0 Å². The fourth-order valence-corrected chi connectivity index (χ4v) is 3.92. The van der Waals surface area contributed by atoms with E-state index in [4.69, 9.17) is 0 Å². The van der Waals surface area contributed by atoms with Crippen molar-refractivity contribution in [2.75, 3.05) is 6.54 Å². The lowest BCUT2D eigenvalue weighted by Gasteiger charge is -2.33. The largest absolute Gasteiger partial charge is 0.384 e. The Hall–Kier alpha value is -1.30. The maximum atomic E-state index is 11.4. The van der Waals surface area contributed by atoms with Crippen molar-refractivity contribution in [1.82, 2.24) is 4.90 Å². The van der Waals surface area contributed by atoms with E-state index in [0.29, 0.717) is 24.4 Å². The molecule has 1 atom stereocenters. The highest BCUT2D eigenvalue weighted by atomic mass is 16.3. The van der Waals surface area contributed by atoms with Gasteiger partial charge in [-0.25, -0.2) is 0 Å². The molecule has 1 fully saturated rings. The maximum Gasteiger partial charge on any atom is 0.103 e. The van der Waals surface area contributed by atoms with Crippen LogP contribution in [0.25, 0.3) is 0 Å². The molecule has 0 bridgehead atoms. The molecule has 0 heterocycles. The van der Waals surface area contributed by atoms with Crippen LogP contribution in [0.2, 0.25) is 0 Å². The van der Waals surface area contributed by atoms with Gasteiger partial charge in [-0.05, 0) is 52.0 Å². The SMILES string of the molecule is CC(C)N(CC#CC[C@](O)(c1ccccc1)C1CCCC1)C(C)C. The first kappa shape index (κ1) is 19.0. The lowest BCUT2D eigenvalue weighted by molar-refractivity contribution is -0.0173. The van der Waals surface area contributed by atoms with Crippen molar-refractivity contribution < 1.29 is 5.11 Å². The standard InChI is InChI=1S/C22H33NO/c1-18(2)23(19(3)4)17-11-10-16-22(24,21-14-8-9-15-21)20-12-6-5-7-13-20/h5-7,12-13,18-19,21,24H,8-9,14-17H2,1-4H3/t22-/m0/s1. The first-order valence-electron chi connectivity index (χ1n) is 9.44. The predicted octanol–water partition coefficient (Wildman–Crippen LogP) is 4.58. The Labute approximate surface area is 148 Å². The second-order valence-electron chi connectivity index (χ2n) is 7.66. The molecule has 0 aromatic heterocycles. The summed E-state index contributed by atoms with van der Waals surface area (Å²) in [5, 5.41) is 11.4. The van der Waals surface area contributed by atoms with Crippen LogP contribution in [0.4, 0.5) is 0 Å². The van der Waals surface area contributed by atoms with E-state index in [2.05, 4.69) is 56.6 Å². The van der Waals surface area contributed by atoms with Gasteiger partial charge in [0.2, 0.25) is 0 Å². The zero-order chi connectivity index (χ0) is 17.6. The Bertz CT molecular complexity index is 540. The number of hydrogen-bond donors (Lipinski definition) is 1. The van der Waals surface area contributed by atoms with Crippen LogP contribution in [-0.2, 0) is 5.60 Å². The third-order valence-corrected chi connectivity index (χ3v) is 5.38. The molecule has 1 N–H and O–H groups in total. The molecular weight excluding hydrogens is 294 g/mol. The quantitative estimate of drug-likeness (QED) is 0.773. The average molecular weight is 328 g/mol. The Kier molecular flexibility index (Phi) is 6.90. The topological polar surface area (TPSA) is 23.5 Å². The van der Waals surface area contributed by atoms with Gasteiger partial charge in [0.1, 0.15) is 5.60 Å². The summed E-state index contributed by atoms with van der Waals surface area (Å²) in [6.07, 6.45) is 5.20. The monoisotopic (exact) mass is 327 g/mol. The number of aliphatic hydroxyl groups is 1. The van der Waals surface area contributed by atoms with E-state index < -0.39 is 5.60 Å². The molecule has 0 saturated heterocycles. The van der Waals surface area contributed by atoms with Gasteiger partial charge in [-0.2, -0.15) is 0 Å². The summed E-state index contributed by atoms with van der Waals surface area (Å²) >= 11 is 0. The van der Waals surface area contributed by atoms with E-state index in [1.54, 1.807) is 0 Å². The summed E-state index contributed by atoms with van der Waals surface area (Å²) in [5.74, 6) is 6.95. The minimum absolute atomic E-state index is 0.334. The number of rotatable bonds is 6. The molecule has 0 spiro atoms. The van der Waals surface area contributed by atoms with Crippen LogP contribution in [0.15, 0.2) is 30.3 Å². The molecule has 0 aliphatic heterocycles. The average Bonchev–Trinajstić information content (AvgIpc) is 3.09. The van der Waals surface area contributed by atoms with Crippen LogP contribution in [0, 0.1) is 17.8 Å². The summed E-state index contributed by atoms with van der Waals surface area (Å²) in [4.78, 5) is 2.38. The molecule has 0 radical (unpaired) electrons. The van der Waals surface area contributed by atoms with Gasteiger partial charge in [-0.3, -0.25) is 4.90 Å². The number of benzene rings is 1. The first-order valence-corrected chi connectivity index (χ1v) is 9.44. The molecule has 1 aromatic rings. The second-order valence-corrected chi connectivity index (χ2v) is 7.66. The van der Waals surface area contributed by atoms with Gasteiger partial charge < -0.3 is 5.11 Å². The van der Waals surface area contributed by atoms with Crippen LogP contribution in [0.5, 0.6) is 0 Å². The normalized spacial score (nSPS) is 18.0. The zero-order valence-electron chi connectivity index (χ0n) is 15.8. The summed E-state index contributed by atoms with van der Waals surface area (Å²) in [6, 6.07) is 11.1. The lowest BCUT2D eigenvalue weighted by Crippen LogP contribution is -2.37. The third-order valence-electron chi connectivity index (χ3n) is 5.38. The van der Waals surface area contributed by atoms with Crippen molar-refractivity contribution in [3.63, 3.8) is 0 Å². The molecule has 132 valence electrons. The highest BCUT2D eigenvalue weighted by molar-refractivity contribution is 5.26. The van der Waals surface area contributed by atoms with E-state index in [-0.39, 0.29) is 0 Å². The van der Waals surface area contributed by atoms with E-state index in [0.717, 1.165) is 24.9 Å². The molecule has 1 aromatic carbocycles. The Morgan fingerprint density at radius 1 is 1.04 bits per heavy atom. The molecule has 2 heteroatoms. The van der Waals surface area contributed by atoms with Crippen molar-refractivity contribution >= 4 is 0 Å². The van der Waals surface area contributed by atoms with Crippen LogP contribution in [0.1, 0.15) is 65.4 Å². The zero-order valence-corrected chi connectivity index (χ0v) is 15.8. The third kappa shape index (κ3) is 4.62. The molecule has 0 amide bonds. The van der Waals surface area contributed by atoms with Gasteiger partial charge in [0, 0.05) is 18.5 Å². The summed E-state index contributed by atoms with van der Waals surface area (Å²) < 4.78 is 0. The summed E-state index contributed by atoms with van der Waals surface area (Å²) in [7, 11) is 0. The smallest absolute Gasteiger partial charge is 0.103 e.